The largest absolute Gasteiger partial charge is 0.497 e. The highest BCUT2D eigenvalue weighted by Gasteiger charge is 2.59. The molecule has 1 aromatic carbocycles. The summed E-state index contributed by atoms with van der Waals surface area (Å²) in [6.45, 7) is 6.06. The van der Waals surface area contributed by atoms with Gasteiger partial charge in [-0.3, -0.25) is 4.79 Å². The summed E-state index contributed by atoms with van der Waals surface area (Å²) < 4.78 is 65.8. The van der Waals surface area contributed by atoms with E-state index in [9.17, 15) is 22.2 Å². The Morgan fingerprint density at radius 1 is 1.15 bits per heavy atom. The number of methoxy groups -OCH3 is 1. The van der Waals surface area contributed by atoms with E-state index in [0.717, 1.165) is 0 Å². The molecule has 148 valence electrons. The van der Waals surface area contributed by atoms with Crippen molar-refractivity contribution in [2.75, 3.05) is 13.7 Å². The normalized spacial score (nSPS) is 15.8. The van der Waals surface area contributed by atoms with Crippen molar-refractivity contribution < 1.29 is 31.6 Å². The van der Waals surface area contributed by atoms with Gasteiger partial charge in [0.2, 0.25) is 0 Å². The fraction of sp³-hybridized carbons (Fsp3) is 0.588. The minimum Gasteiger partial charge on any atom is -0.497 e. The number of ether oxygens (including phenoxy) is 2. The molecule has 0 saturated heterocycles. The molecule has 1 rings (SSSR count). The van der Waals surface area contributed by atoms with Crippen molar-refractivity contribution in [2.24, 2.45) is 0 Å². The Labute approximate surface area is 153 Å². The van der Waals surface area contributed by atoms with Gasteiger partial charge in [0.15, 0.2) is 5.54 Å². The molecule has 0 radical (unpaired) electrons. The summed E-state index contributed by atoms with van der Waals surface area (Å²) in [5.41, 5.74) is -3.11. The third-order valence-corrected chi connectivity index (χ3v) is 5.25. The van der Waals surface area contributed by atoms with Crippen molar-refractivity contribution >= 4 is 17.0 Å². The molecule has 0 aromatic heterocycles. The maximum atomic E-state index is 14.2. The highest BCUT2D eigenvalue weighted by molar-refractivity contribution is 7.84. The fourth-order valence-corrected chi connectivity index (χ4v) is 3.06. The second-order valence-corrected chi connectivity index (χ2v) is 8.56. The van der Waals surface area contributed by atoms with Crippen LogP contribution in [-0.2, 0) is 26.1 Å². The summed E-state index contributed by atoms with van der Waals surface area (Å²) in [6, 6.07) is 5.09. The molecule has 1 N–H and O–H groups in total. The Kier molecular flexibility index (Phi) is 7.24. The third-order valence-electron chi connectivity index (χ3n) is 3.60. The third kappa shape index (κ3) is 5.20. The first-order chi connectivity index (χ1) is 11.9. The van der Waals surface area contributed by atoms with Crippen LogP contribution in [0.5, 0.6) is 5.75 Å². The Hall–Kier alpha value is -1.61. The number of alkyl halides is 3. The first kappa shape index (κ1) is 22.4. The molecule has 0 amide bonds. The van der Waals surface area contributed by atoms with E-state index in [4.69, 9.17) is 9.47 Å². The molecular formula is C17H24F3NO4S. The fourth-order valence-electron chi connectivity index (χ4n) is 2.13. The van der Waals surface area contributed by atoms with Crippen LogP contribution in [0.3, 0.4) is 0 Å². The van der Waals surface area contributed by atoms with Crippen LogP contribution in [0.15, 0.2) is 24.3 Å². The van der Waals surface area contributed by atoms with Crippen LogP contribution < -0.4 is 9.46 Å². The van der Waals surface area contributed by atoms with Crippen molar-refractivity contribution in [3.05, 3.63) is 29.8 Å². The van der Waals surface area contributed by atoms with Gasteiger partial charge < -0.3 is 9.47 Å². The lowest BCUT2D eigenvalue weighted by Crippen LogP contribution is -2.58. The van der Waals surface area contributed by atoms with Crippen molar-refractivity contribution in [1.29, 1.82) is 0 Å². The molecule has 0 aliphatic rings. The van der Waals surface area contributed by atoms with E-state index in [1.165, 1.54) is 59.1 Å². The highest BCUT2D eigenvalue weighted by Crippen LogP contribution is 2.43. The summed E-state index contributed by atoms with van der Waals surface area (Å²) in [5.74, 6) is -0.683. The van der Waals surface area contributed by atoms with Gasteiger partial charge in [-0.2, -0.15) is 13.2 Å². The Bertz CT molecular complexity index is 641. The summed E-state index contributed by atoms with van der Waals surface area (Å²) in [5, 5.41) is 0. The van der Waals surface area contributed by atoms with Crippen molar-refractivity contribution in [1.82, 2.24) is 4.72 Å². The van der Waals surface area contributed by atoms with Gasteiger partial charge in [0.1, 0.15) is 5.75 Å². The minimum absolute atomic E-state index is 0.0578. The first-order valence-electron chi connectivity index (χ1n) is 7.94. The number of benzene rings is 1. The zero-order chi connectivity index (χ0) is 20.2. The second-order valence-electron chi connectivity index (χ2n) is 6.60. The van der Waals surface area contributed by atoms with E-state index >= 15 is 0 Å². The molecule has 0 aliphatic heterocycles. The predicted octanol–water partition coefficient (Wildman–Crippen LogP) is 3.46. The molecule has 9 heteroatoms. The minimum atomic E-state index is -4.91. The molecule has 5 nitrogen and oxygen atoms in total. The monoisotopic (exact) mass is 395 g/mol. The molecule has 0 heterocycles. The SMILES string of the molecule is CCOC(=O)C[C@@](N[S@@](=O)C(C)(C)C)(c1ccc(OC)cc1)C(F)(F)F. The van der Waals surface area contributed by atoms with Gasteiger partial charge in [-0.05, 0) is 45.4 Å². The molecule has 0 spiro atoms. The quantitative estimate of drug-likeness (QED) is 0.718. The predicted molar refractivity (Wildman–Crippen MR) is 93.0 cm³/mol. The highest BCUT2D eigenvalue weighted by atomic mass is 32.2. The standard InChI is InChI=1S/C17H24F3NO4S/c1-6-25-14(22)11-16(17(18,19)20,21-26(23)15(2,3)4)12-7-9-13(24-5)10-8-12/h7-10,21H,6,11H2,1-5H3/t16-,26+/m1/s1. The van der Waals surface area contributed by atoms with Crippen molar-refractivity contribution in [2.45, 2.75) is 50.6 Å². The number of rotatable bonds is 7. The summed E-state index contributed by atoms with van der Waals surface area (Å²) >= 11 is 0. The molecule has 26 heavy (non-hydrogen) atoms. The number of halogens is 3. The Balaban J connectivity index is 3.51. The van der Waals surface area contributed by atoms with E-state index in [0.29, 0.717) is 5.75 Å². The van der Waals surface area contributed by atoms with Crippen LogP contribution in [0.25, 0.3) is 0 Å². The lowest BCUT2D eigenvalue weighted by atomic mass is 9.86. The van der Waals surface area contributed by atoms with Gasteiger partial charge in [0, 0.05) is 0 Å². The summed E-state index contributed by atoms with van der Waals surface area (Å²) in [4.78, 5) is 11.9. The number of nitrogens with one attached hydrogen (secondary N) is 1. The van der Waals surface area contributed by atoms with E-state index in [1.807, 2.05) is 0 Å². The summed E-state index contributed by atoms with van der Waals surface area (Å²) in [7, 11) is -0.704. The van der Waals surface area contributed by atoms with Crippen molar-refractivity contribution in [3.8, 4) is 5.75 Å². The van der Waals surface area contributed by atoms with Gasteiger partial charge in [-0.1, -0.05) is 12.1 Å². The summed E-state index contributed by atoms with van der Waals surface area (Å²) in [6.07, 6.45) is -5.95. The second kappa shape index (κ2) is 8.39. The van der Waals surface area contributed by atoms with Crippen LogP contribution in [0.4, 0.5) is 13.2 Å². The Morgan fingerprint density at radius 2 is 1.69 bits per heavy atom. The van der Waals surface area contributed by atoms with Crippen LogP contribution in [0.1, 0.15) is 39.7 Å². The zero-order valence-corrected chi connectivity index (χ0v) is 16.2. The number of esters is 1. The number of hydrogen-bond acceptors (Lipinski definition) is 4. The van der Waals surface area contributed by atoms with E-state index in [1.54, 1.807) is 0 Å². The molecule has 0 unspecified atom stereocenters. The van der Waals surface area contributed by atoms with Crippen LogP contribution in [0, 0.1) is 0 Å². The zero-order valence-electron chi connectivity index (χ0n) is 15.4. The Morgan fingerprint density at radius 3 is 2.08 bits per heavy atom. The average molecular weight is 395 g/mol. The molecule has 0 aliphatic carbocycles. The first-order valence-corrected chi connectivity index (χ1v) is 9.09. The topological polar surface area (TPSA) is 64.6 Å². The average Bonchev–Trinajstić information content (AvgIpc) is 2.52. The van der Waals surface area contributed by atoms with Gasteiger partial charge in [-0.25, -0.2) is 8.93 Å². The lowest BCUT2D eigenvalue weighted by molar-refractivity contribution is -0.202. The molecule has 0 saturated carbocycles. The molecule has 0 bridgehead atoms. The maximum absolute atomic E-state index is 14.2. The van der Waals surface area contributed by atoms with Gasteiger partial charge in [0.25, 0.3) is 0 Å². The number of carbonyl (C=O) groups is 1. The van der Waals surface area contributed by atoms with E-state index in [-0.39, 0.29) is 12.2 Å². The molecule has 0 fully saturated rings. The lowest BCUT2D eigenvalue weighted by Gasteiger charge is -2.37. The number of carbonyl (C=O) groups excluding carboxylic acids is 1. The van der Waals surface area contributed by atoms with Crippen LogP contribution in [0.2, 0.25) is 0 Å². The molecule has 2 atom stereocenters. The van der Waals surface area contributed by atoms with Gasteiger partial charge in [0.05, 0.1) is 35.9 Å². The maximum Gasteiger partial charge on any atom is 0.412 e. The van der Waals surface area contributed by atoms with E-state index in [2.05, 4.69) is 4.72 Å². The van der Waals surface area contributed by atoms with Crippen LogP contribution in [-0.4, -0.2) is 34.8 Å². The van der Waals surface area contributed by atoms with Crippen LogP contribution >= 0.6 is 0 Å². The van der Waals surface area contributed by atoms with Gasteiger partial charge >= 0.3 is 12.1 Å². The van der Waals surface area contributed by atoms with E-state index < -0.39 is 39.8 Å². The molecule has 1 aromatic rings. The van der Waals surface area contributed by atoms with Crippen molar-refractivity contribution in [3.63, 3.8) is 0 Å². The number of hydrogen-bond donors (Lipinski definition) is 1. The smallest absolute Gasteiger partial charge is 0.412 e. The molecular weight excluding hydrogens is 371 g/mol. The van der Waals surface area contributed by atoms with Gasteiger partial charge in [-0.15, -0.1) is 0 Å².